The maximum absolute atomic E-state index is 11.3. The summed E-state index contributed by atoms with van der Waals surface area (Å²) in [5.41, 5.74) is 0.242. The van der Waals surface area contributed by atoms with Crippen LogP contribution >= 0.6 is 0 Å². The summed E-state index contributed by atoms with van der Waals surface area (Å²) in [6, 6.07) is 0. The Morgan fingerprint density at radius 2 is 2.23 bits per heavy atom. The number of rotatable bonds is 1. The molecule has 1 unspecified atom stereocenters. The van der Waals surface area contributed by atoms with E-state index in [0.29, 0.717) is 0 Å². The number of piperidine rings is 1. The second kappa shape index (κ2) is 3.00. The highest BCUT2D eigenvalue weighted by atomic mass is 16.2. The molecule has 70 valence electrons. The van der Waals surface area contributed by atoms with Gasteiger partial charge in [-0.25, -0.2) is 0 Å². The highest BCUT2D eigenvalue weighted by Crippen LogP contribution is 2.58. The average molecular weight is 179 g/mol. The van der Waals surface area contributed by atoms with Crippen LogP contribution in [-0.4, -0.2) is 19.0 Å². The summed E-state index contributed by atoms with van der Waals surface area (Å²) in [5, 5.41) is 13.8. The number of nitrogens with one attached hydrogen (secondary N) is 2. The minimum absolute atomic E-state index is 0.0793. The van der Waals surface area contributed by atoms with Gasteiger partial charge in [0.1, 0.15) is 0 Å². The van der Waals surface area contributed by atoms with Crippen LogP contribution in [0.4, 0.5) is 0 Å². The van der Waals surface area contributed by atoms with Crippen LogP contribution in [0.1, 0.15) is 19.3 Å². The molecule has 2 aliphatic rings. The van der Waals surface area contributed by atoms with Crippen molar-refractivity contribution < 1.29 is 4.79 Å². The maximum atomic E-state index is 11.3. The Morgan fingerprint density at radius 3 is 2.85 bits per heavy atom. The van der Waals surface area contributed by atoms with Gasteiger partial charge in [0.25, 0.3) is 0 Å². The van der Waals surface area contributed by atoms with Gasteiger partial charge in [0.15, 0.2) is 6.19 Å². The number of nitriles is 1. The zero-order valence-corrected chi connectivity index (χ0v) is 7.47. The summed E-state index contributed by atoms with van der Waals surface area (Å²) in [6.45, 7) is 2.02. The fourth-order valence-corrected chi connectivity index (χ4v) is 2.34. The minimum atomic E-state index is -0.0793. The smallest absolute Gasteiger partial charge is 0.236 e. The molecular weight excluding hydrogens is 166 g/mol. The van der Waals surface area contributed by atoms with Gasteiger partial charge >= 0.3 is 0 Å². The largest absolute Gasteiger partial charge is 0.317 e. The molecule has 13 heavy (non-hydrogen) atoms. The van der Waals surface area contributed by atoms with Gasteiger partial charge < -0.3 is 5.32 Å². The number of carbonyl (C=O) groups excluding carboxylic acids is 1. The zero-order valence-electron chi connectivity index (χ0n) is 7.47. The van der Waals surface area contributed by atoms with Gasteiger partial charge in [-0.15, -0.1) is 0 Å². The summed E-state index contributed by atoms with van der Waals surface area (Å²) >= 11 is 0. The van der Waals surface area contributed by atoms with Gasteiger partial charge in [-0.2, -0.15) is 5.26 Å². The van der Waals surface area contributed by atoms with Crippen LogP contribution in [0.2, 0.25) is 0 Å². The molecule has 1 spiro atoms. The van der Waals surface area contributed by atoms with Crippen molar-refractivity contribution in [3.63, 3.8) is 0 Å². The summed E-state index contributed by atoms with van der Waals surface area (Å²) in [4.78, 5) is 11.3. The van der Waals surface area contributed by atoms with Crippen molar-refractivity contribution in [2.24, 2.45) is 11.3 Å². The number of amides is 1. The maximum Gasteiger partial charge on any atom is 0.236 e. The Balaban J connectivity index is 1.93. The van der Waals surface area contributed by atoms with E-state index in [1.165, 1.54) is 0 Å². The Hall–Kier alpha value is -1.08. The summed E-state index contributed by atoms with van der Waals surface area (Å²) in [5.74, 6) is 0.0265. The molecule has 1 aliphatic carbocycles. The molecule has 0 aromatic heterocycles. The fraction of sp³-hybridized carbons (Fsp3) is 0.778. The standard InChI is InChI=1S/C9H13N3O/c10-6-12-8(13)7-5-9(7)1-3-11-4-2-9/h7,11H,1-5H2,(H,12,13). The molecule has 2 N–H and O–H groups in total. The molecule has 0 aromatic carbocycles. The van der Waals surface area contributed by atoms with Crippen LogP contribution in [0.3, 0.4) is 0 Å². The van der Waals surface area contributed by atoms with Crippen molar-refractivity contribution in [1.29, 1.82) is 5.26 Å². The summed E-state index contributed by atoms with van der Waals surface area (Å²) in [7, 11) is 0. The third kappa shape index (κ3) is 1.40. The molecule has 1 atom stereocenters. The molecule has 1 amide bonds. The van der Waals surface area contributed by atoms with Gasteiger partial charge in [-0.3, -0.25) is 10.1 Å². The van der Waals surface area contributed by atoms with Crippen molar-refractivity contribution >= 4 is 5.91 Å². The van der Waals surface area contributed by atoms with E-state index in [-0.39, 0.29) is 17.2 Å². The second-order valence-corrected chi connectivity index (χ2v) is 3.97. The predicted molar refractivity (Wildman–Crippen MR) is 46.4 cm³/mol. The fourth-order valence-electron chi connectivity index (χ4n) is 2.34. The van der Waals surface area contributed by atoms with Crippen LogP contribution in [0.5, 0.6) is 0 Å². The van der Waals surface area contributed by atoms with E-state index in [1.54, 1.807) is 6.19 Å². The highest BCUT2D eigenvalue weighted by molar-refractivity contribution is 5.83. The molecular formula is C9H13N3O. The van der Waals surface area contributed by atoms with E-state index in [2.05, 4.69) is 10.6 Å². The molecule has 0 aromatic rings. The van der Waals surface area contributed by atoms with Crippen molar-refractivity contribution in [2.45, 2.75) is 19.3 Å². The first-order valence-electron chi connectivity index (χ1n) is 4.68. The van der Waals surface area contributed by atoms with Crippen molar-refractivity contribution in [1.82, 2.24) is 10.6 Å². The second-order valence-electron chi connectivity index (χ2n) is 3.97. The van der Waals surface area contributed by atoms with Gasteiger partial charge in [0.2, 0.25) is 5.91 Å². The molecule has 1 aliphatic heterocycles. The first-order valence-corrected chi connectivity index (χ1v) is 4.68. The zero-order chi connectivity index (χ0) is 9.31. The van der Waals surface area contributed by atoms with Gasteiger partial charge in [0, 0.05) is 5.92 Å². The van der Waals surface area contributed by atoms with E-state index in [0.717, 1.165) is 32.4 Å². The first kappa shape index (κ1) is 8.52. The minimum Gasteiger partial charge on any atom is -0.317 e. The first-order chi connectivity index (χ1) is 6.28. The third-order valence-electron chi connectivity index (χ3n) is 3.28. The van der Waals surface area contributed by atoms with Crippen LogP contribution in [0.25, 0.3) is 0 Å². The lowest BCUT2D eigenvalue weighted by Gasteiger charge is -2.22. The number of nitrogens with zero attached hydrogens (tertiary/aromatic N) is 1. The van der Waals surface area contributed by atoms with Crippen LogP contribution in [-0.2, 0) is 4.79 Å². The molecule has 1 saturated heterocycles. The highest BCUT2D eigenvalue weighted by Gasteiger charge is 2.57. The number of carbonyl (C=O) groups is 1. The van der Waals surface area contributed by atoms with Gasteiger partial charge in [-0.1, -0.05) is 0 Å². The molecule has 1 saturated carbocycles. The summed E-state index contributed by atoms with van der Waals surface area (Å²) < 4.78 is 0. The summed E-state index contributed by atoms with van der Waals surface area (Å²) in [6.07, 6.45) is 4.83. The van der Waals surface area contributed by atoms with Crippen LogP contribution in [0.15, 0.2) is 0 Å². The number of hydrogen-bond donors (Lipinski definition) is 2. The molecule has 1 heterocycles. The number of hydrogen-bond acceptors (Lipinski definition) is 3. The molecule has 4 heteroatoms. The SMILES string of the molecule is N#CNC(=O)C1CC12CCNCC2. The molecule has 4 nitrogen and oxygen atoms in total. The topological polar surface area (TPSA) is 64.9 Å². The predicted octanol–water partition coefficient (Wildman–Crippen LogP) is -0.0266. The van der Waals surface area contributed by atoms with E-state index in [4.69, 9.17) is 5.26 Å². The normalized spacial score (nSPS) is 29.3. The van der Waals surface area contributed by atoms with Gasteiger partial charge in [-0.05, 0) is 37.8 Å². The van der Waals surface area contributed by atoms with Crippen molar-refractivity contribution in [2.75, 3.05) is 13.1 Å². The Kier molecular flexibility index (Phi) is 1.97. The van der Waals surface area contributed by atoms with E-state index in [1.807, 2.05) is 0 Å². The molecule has 0 bridgehead atoms. The Bertz CT molecular complexity index is 263. The lowest BCUT2D eigenvalue weighted by atomic mass is 9.92. The molecule has 2 fully saturated rings. The Labute approximate surface area is 77.3 Å². The van der Waals surface area contributed by atoms with Crippen molar-refractivity contribution in [3.8, 4) is 6.19 Å². The van der Waals surface area contributed by atoms with E-state index in [9.17, 15) is 4.79 Å². The monoisotopic (exact) mass is 179 g/mol. The van der Waals surface area contributed by atoms with E-state index < -0.39 is 0 Å². The van der Waals surface area contributed by atoms with Crippen LogP contribution in [0, 0.1) is 22.8 Å². The third-order valence-corrected chi connectivity index (χ3v) is 3.28. The molecule has 2 rings (SSSR count). The lowest BCUT2D eigenvalue weighted by molar-refractivity contribution is -0.122. The van der Waals surface area contributed by atoms with Crippen LogP contribution < -0.4 is 10.6 Å². The molecule has 0 radical (unpaired) electrons. The van der Waals surface area contributed by atoms with Gasteiger partial charge in [0.05, 0.1) is 0 Å². The quantitative estimate of drug-likeness (QED) is 0.439. The van der Waals surface area contributed by atoms with Crippen molar-refractivity contribution in [3.05, 3.63) is 0 Å². The lowest BCUT2D eigenvalue weighted by Crippen LogP contribution is -2.32. The Morgan fingerprint density at radius 1 is 1.54 bits per heavy atom. The average Bonchev–Trinajstić information content (AvgIpc) is 2.81. The van der Waals surface area contributed by atoms with E-state index >= 15 is 0 Å².